The second-order valence-corrected chi connectivity index (χ2v) is 32.6. The highest BCUT2D eigenvalue weighted by Crippen LogP contribution is 2.47. The lowest BCUT2D eigenvalue weighted by molar-refractivity contribution is -0.271. The molecule has 3 aromatic heterocycles. The van der Waals surface area contributed by atoms with E-state index in [-0.39, 0.29) is 136 Å². The van der Waals surface area contributed by atoms with E-state index >= 15 is 4.39 Å². The fourth-order valence-electron chi connectivity index (χ4n) is 16.1. The van der Waals surface area contributed by atoms with Crippen LogP contribution < -0.4 is 41.8 Å². The summed E-state index contributed by atoms with van der Waals surface area (Å²) in [6.07, 6.45) is -11.9. The van der Waals surface area contributed by atoms with Crippen molar-refractivity contribution in [3.63, 3.8) is 0 Å². The molecule has 12 rings (SSSR count). The Bertz CT molecular complexity index is 5270. The minimum absolute atomic E-state index is 0.0388. The minimum Gasteiger partial charge on any atom is -0.479 e. The minimum atomic E-state index is -2.13. The van der Waals surface area contributed by atoms with Crippen LogP contribution in [0.5, 0.6) is 5.75 Å². The van der Waals surface area contributed by atoms with Gasteiger partial charge in [0, 0.05) is 97.7 Å². The molecule has 0 radical (unpaired) electrons. The summed E-state index contributed by atoms with van der Waals surface area (Å²) in [5, 5.41) is 77.0. The second kappa shape index (κ2) is 51.2. The number of pyridine rings is 2. The average molecular weight is 1890 g/mol. The van der Waals surface area contributed by atoms with Gasteiger partial charge in [-0.3, -0.25) is 28.8 Å². The molecule has 4 aliphatic heterocycles. The number of hydrogen-bond acceptors (Lipinski definition) is 32. The van der Waals surface area contributed by atoms with E-state index < -0.39 is 140 Å². The molecule has 1 aliphatic carbocycles. The molecule has 0 unspecified atom stereocenters. The predicted octanol–water partition coefficient (Wildman–Crippen LogP) is 3.49. The number of carboxylic acid groups (broad SMARTS) is 1. The quantitative estimate of drug-likeness (QED) is 0.0193. The lowest BCUT2D eigenvalue weighted by atomic mass is 9.81. The van der Waals surface area contributed by atoms with Crippen molar-refractivity contribution < 1.29 is 144 Å². The van der Waals surface area contributed by atoms with Crippen LogP contribution in [0.2, 0.25) is 0 Å². The molecular weight excluding hydrogens is 1770 g/mol. The number of aliphatic hydroxyl groups excluding tert-OH is 3. The van der Waals surface area contributed by atoms with E-state index in [9.17, 15) is 68.7 Å². The Kier molecular flexibility index (Phi) is 39.1. The van der Waals surface area contributed by atoms with Gasteiger partial charge in [0.05, 0.1) is 205 Å². The Hall–Kier alpha value is -11.0. The number of benzene rings is 4. The van der Waals surface area contributed by atoms with Crippen LogP contribution in [0.25, 0.3) is 44.8 Å². The normalized spacial score (nSPS) is 18.2. The number of para-hydroxylation sites is 1. The lowest BCUT2D eigenvalue weighted by Crippen LogP contribution is -2.61. The largest absolute Gasteiger partial charge is 0.479 e. The smallest absolute Gasteiger partial charge is 0.407 e. The number of nitrogens with zero attached hydrogens (tertiary/aromatic N) is 6. The number of hydrogen-bond donors (Lipinski definition) is 10. The molecule has 135 heavy (non-hydrogen) atoms. The zero-order valence-corrected chi connectivity index (χ0v) is 76.3. The van der Waals surface area contributed by atoms with E-state index in [1.165, 1.54) is 34.9 Å². The van der Waals surface area contributed by atoms with E-state index in [1.54, 1.807) is 38.0 Å². The molecule has 41 nitrogen and oxygen atoms in total. The number of esters is 1. The highest BCUT2D eigenvalue weighted by Gasteiger charge is 2.49. The van der Waals surface area contributed by atoms with E-state index in [4.69, 9.17) is 80.8 Å². The molecule has 0 bridgehead atoms. The van der Waals surface area contributed by atoms with Crippen LogP contribution in [-0.2, 0) is 149 Å². The molecule has 7 heterocycles. The number of amides is 6. The van der Waals surface area contributed by atoms with Gasteiger partial charge in [-0.1, -0.05) is 60.7 Å². The summed E-state index contributed by atoms with van der Waals surface area (Å²) in [6.45, 7) is 14.0. The summed E-state index contributed by atoms with van der Waals surface area (Å²) in [7, 11) is 1.62. The van der Waals surface area contributed by atoms with Crippen molar-refractivity contribution >= 4 is 64.2 Å². The Morgan fingerprint density at radius 2 is 1.23 bits per heavy atom. The number of cyclic esters (lactones) is 1. The third-order valence-corrected chi connectivity index (χ3v) is 23.2. The number of nitrogens with one attached hydrogen (secondary N) is 5. The predicted molar refractivity (Wildman–Crippen MR) is 477 cm³/mol. The van der Waals surface area contributed by atoms with Crippen LogP contribution in [-0.4, -0.2) is 307 Å². The van der Waals surface area contributed by atoms with E-state index in [0.717, 1.165) is 16.8 Å². The summed E-state index contributed by atoms with van der Waals surface area (Å²) in [5.41, 5.74) is 4.90. The number of ether oxygens (including phenoxy) is 16. The average Bonchev–Trinajstić information content (AvgIpc) is 1.56. The van der Waals surface area contributed by atoms with Crippen molar-refractivity contribution in [3.8, 4) is 39.7 Å². The fraction of sp³-hybridized carbons (Fsp3) is 0.548. The maximum absolute atomic E-state index is 15.8. The summed E-state index contributed by atoms with van der Waals surface area (Å²) >= 11 is 0. The first-order chi connectivity index (χ1) is 65.4. The van der Waals surface area contributed by atoms with E-state index in [0.29, 0.717) is 170 Å². The van der Waals surface area contributed by atoms with Crippen molar-refractivity contribution in [2.24, 2.45) is 0 Å². The number of fused-ring (bicyclic) bond motifs is 10. The van der Waals surface area contributed by atoms with Crippen LogP contribution >= 0.6 is 0 Å². The van der Waals surface area contributed by atoms with Crippen LogP contribution in [0.4, 0.5) is 14.9 Å². The molecule has 10 N–H and O–H groups in total. The Labute approximate surface area is 777 Å². The number of carbonyl (C=O) groups excluding carboxylic acids is 7. The van der Waals surface area contributed by atoms with Gasteiger partial charge < -0.3 is 137 Å². The molecule has 1 fully saturated rings. The van der Waals surface area contributed by atoms with Crippen LogP contribution in [0.1, 0.15) is 121 Å². The van der Waals surface area contributed by atoms with Gasteiger partial charge in [-0.2, -0.15) is 0 Å². The molecule has 734 valence electrons. The van der Waals surface area contributed by atoms with Gasteiger partial charge in [0.15, 0.2) is 11.7 Å². The number of aromatic nitrogens is 5. The number of carboxylic acids is 1. The summed E-state index contributed by atoms with van der Waals surface area (Å²) in [4.78, 5) is 130. The molecule has 7 aromatic rings. The number of aliphatic hydroxyl groups is 4. The maximum Gasteiger partial charge on any atom is 0.407 e. The zero-order chi connectivity index (χ0) is 95.9. The highest BCUT2D eigenvalue weighted by atomic mass is 19.1. The van der Waals surface area contributed by atoms with Crippen LogP contribution in [0, 0.1) is 12.7 Å². The Morgan fingerprint density at radius 1 is 0.637 bits per heavy atom. The monoisotopic (exact) mass is 1890 g/mol. The number of aryl methyl sites for hydroxylation is 1. The number of alkyl carbamates (subject to hydrolysis) is 1. The molecule has 0 spiro atoms. The first kappa shape index (κ1) is 103. The van der Waals surface area contributed by atoms with Gasteiger partial charge in [0.2, 0.25) is 35.8 Å². The SMILES string of the molecule is CC[C@@]1(O)C(=O)OCc2c1cc1n(c2=O)Cc2c-1nc1cc(F)c(C)c3c1c2[C@@H](NC(=O)OCc1ccc(O[C@@H]2O[C@H](C(=O)O)[C@@H](O)[C@H](O)[C@H]2O)c(CNC(=O)CCNC(=O)[C@H](CNC(=O)CCOCCOCCOCCOCCOCCOCCOCCOCCOCCOCCOCCOC)NC(=O)CCC(=O)N2Cc4ccccc4-c4c(nnn4C(C)C)-c4ccccc42)c1)CC3. The Morgan fingerprint density at radius 3 is 1.84 bits per heavy atom. The molecule has 6 amide bonds. The van der Waals surface area contributed by atoms with E-state index in [2.05, 4.69) is 36.9 Å². The number of aliphatic carboxylic acids is 1. The van der Waals surface area contributed by atoms with Gasteiger partial charge in [0.1, 0.15) is 54.8 Å². The second-order valence-electron chi connectivity index (χ2n) is 32.6. The van der Waals surface area contributed by atoms with Gasteiger partial charge in [-0.15, -0.1) is 5.10 Å². The molecular formula is C93H120FN11O30. The van der Waals surface area contributed by atoms with Crippen molar-refractivity contribution in [1.82, 2.24) is 51.1 Å². The molecule has 5 aliphatic rings. The topological polar surface area (TPSA) is 514 Å². The molecule has 4 aromatic carbocycles. The number of carbonyl (C=O) groups is 8. The van der Waals surface area contributed by atoms with Crippen molar-refractivity contribution in [3.05, 3.63) is 145 Å². The van der Waals surface area contributed by atoms with Crippen molar-refractivity contribution in [2.75, 3.05) is 177 Å². The first-order valence-corrected chi connectivity index (χ1v) is 45.2. The van der Waals surface area contributed by atoms with Gasteiger partial charge in [-0.05, 0) is 92.1 Å². The number of halogens is 1. The lowest BCUT2D eigenvalue weighted by Gasteiger charge is -2.38. The van der Waals surface area contributed by atoms with Crippen molar-refractivity contribution in [2.45, 2.75) is 160 Å². The molecule has 0 saturated carbocycles. The highest BCUT2D eigenvalue weighted by molar-refractivity contribution is 6.02. The van der Waals surface area contributed by atoms with E-state index in [1.807, 2.05) is 54.9 Å². The summed E-state index contributed by atoms with van der Waals surface area (Å²) < 4.78 is 107. The van der Waals surface area contributed by atoms with Gasteiger partial charge in [-0.25, -0.2) is 28.4 Å². The first-order valence-electron chi connectivity index (χ1n) is 45.2. The number of anilines is 1. The Balaban J connectivity index is 0.612. The van der Waals surface area contributed by atoms with Crippen molar-refractivity contribution in [1.29, 1.82) is 0 Å². The molecule has 8 atom stereocenters. The third-order valence-electron chi connectivity index (χ3n) is 23.2. The maximum atomic E-state index is 15.8. The molecule has 42 heteroatoms. The third kappa shape index (κ3) is 27.3. The standard InChI is InChI=1S/C93H120FN11O30/c1-6-93(119)66-48-72-80-64(53-104(72)88(114)65(66)55-132-91(93)117)79-68(17-16-61-57(4)67(94)49-69(99-80)78(61)79)100-92(118)133-54-58-15-18-73(134-90-85(112)83(110)84(111)86(135-90)89(115)116)60(47-58)50-96-74(106)21-23-95-87(113)70(98-76(108)19-20-77(109)103-52-59-11-7-8-12-62(59)82-81(101-102-105(82)56(2)3)63-13-9-10-14-71(63)103)51-97-75(107)22-24-121-27-28-123-31-32-125-35-36-127-39-40-129-43-44-131-46-45-130-42-41-128-38-37-126-34-33-124-30-29-122-26-25-120-5/h7-15,18,47-49,56,68,70,83-86,90,110-112,119H,6,16-17,19-46,50-55H2,1-5H3,(H,95,113)(H,96,106)(H,97,107)(H,98,108)(H,100,118)(H,115,116)/t68-,70-,83-,84-,85+,86-,90+,93-/m0/s1. The fourth-order valence-corrected chi connectivity index (χ4v) is 16.1. The van der Waals surface area contributed by atoms with Gasteiger partial charge in [0.25, 0.3) is 5.56 Å². The summed E-state index contributed by atoms with van der Waals surface area (Å²) in [6, 6.07) is 19.5. The molecule has 1 saturated heterocycles. The number of methoxy groups -OCH3 is 1. The van der Waals surface area contributed by atoms with Gasteiger partial charge >= 0.3 is 18.0 Å². The summed E-state index contributed by atoms with van der Waals surface area (Å²) in [5.74, 6) is -6.50. The number of rotatable bonds is 56. The zero-order valence-electron chi connectivity index (χ0n) is 76.3. The van der Waals surface area contributed by atoms with Crippen LogP contribution in [0.3, 0.4) is 0 Å². The van der Waals surface area contributed by atoms with Crippen LogP contribution in [0.15, 0.2) is 83.7 Å².